The van der Waals surface area contributed by atoms with Crippen LogP contribution in [0.1, 0.15) is 18.7 Å². The van der Waals surface area contributed by atoms with Crippen molar-refractivity contribution in [2.24, 2.45) is 5.84 Å². The van der Waals surface area contributed by atoms with Gasteiger partial charge in [-0.05, 0) is 26.0 Å². The molecule has 2 rings (SSSR count). The van der Waals surface area contributed by atoms with Gasteiger partial charge in [0.2, 0.25) is 0 Å². The van der Waals surface area contributed by atoms with E-state index in [1.165, 1.54) is 12.8 Å². The topological polar surface area (TPSA) is 75.9 Å². The van der Waals surface area contributed by atoms with Crippen LogP contribution in [0.4, 0.5) is 11.6 Å². The number of rotatable bonds is 5. The lowest BCUT2D eigenvalue weighted by atomic mass is 10.4. The molecule has 5 nitrogen and oxygen atoms in total. The number of aromatic nitrogens is 2. The second-order valence-corrected chi connectivity index (χ2v) is 5.34. The number of hydrazine groups is 1. The average Bonchev–Trinajstić information content (AvgIpc) is 3.06. The van der Waals surface area contributed by atoms with Crippen molar-refractivity contribution in [3.8, 4) is 0 Å². The van der Waals surface area contributed by atoms with Gasteiger partial charge in [-0.15, -0.1) is 0 Å². The number of nitrogens with zero attached hydrogens (tertiary/aromatic N) is 2. The maximum Gasteiger partial charge on any atom is 0.145 e. The van der Waals surface area contributed by atoms with Gasteiger partial charge in [0, 0.05) is 17.4 Å². The first-order valence-corrected chi connectivity index (χ1v) is 6.51. The molecule has 0 radical (unpaired) electrons. The van der Waals surface area contributed by atoms with E-state index in [1.807, 2.05) is 24.8 Å². The van der Waals surface area contributed by atoms with Gasteiger partial charge >= 0.3 is 0 Å². The van der Waals surface area contributed by atoms with Crippen LogP contribution in [0.5, 0.6) is 0 Å². The zero-order valence-corrected chi connectivity index (χ0v) is 10.4. The Balaban J connectivity index is 2.01. The molecular formula is C10H17N5S. The molecule has 1 aliphatic carbocycles. The Labute approximate surface area is 99.6 Å². The summed E-state index contributed by atoms with van der Waals surface area (Å²) in [5.41, 5.74) is 2.54. The number of nitrogens with one attached hydrogen (secondary N) is 2. The molecule has 0 aliphatic heterocycles. The molecule has 1 saturated carbocycles. The van der Waals surface area contributed by atoms with Gasteiger partial charge in [-0.3, -0.25) is 0 Å². The number of hydrogen-bond donors (Lipinski definition) is 3. The molecule has 6 heteroatoms. The average molecular weight is 239 g/mol. The monoisotopic (exact) mass is 239 g/mol. The molecule has 0 bridgehead atoms. The van der Waals surface area contributed by atoms with Gasteiger partial charge in [0.25, 0.3) is 0 Å². The highest BCUT2D eigenvalue weighted by molar-refractivity contribution is 8.00. The van der Waals surface area contributed by atoms with E-state index >= 15 is 0 Å². The molecule has 1 aromatic rings. The summed E-state index contributed by atoms with van der Waals surface area (Å²) in [5, 5.41) is 3.35. The van der Waals surface area contributed by atoms with E-state index in [0.717, 1.165) is 12.4 Å². The van der Waals surface area contributed by atoms with Crippen molar-refractivity contribution in [2.75, 3.05) is 23.5 Å². The molecule has 0 unspecified atom stereocenters. The highest BCUT2D eigenvalue weighted by atomic mass is 32.2. The molecule has 0 aromatic carbocycles. The van der Waals surface area contributed by atoms with Gasteiger partial charge in [0.05, 0.1) is 0 Å². The number of nitrogens with two attached hydrogens (primary N) is 1. The first kappa shape index (κ1) is 11.5. The first-order valence-electron chi connectivity index (χ1n) is 5.29. The number of hydrogen-bond acceptors (Lipinski definition) is 6. The molecule has 16 heavy (non-hydrogen) atoms. The van der Waals surface area contributed by atoms with Crippen LogP contribution < -0.4 is 16.6 Å². The molecule has 1 heterocycles. The fraction of sp³-hybridized carbons (Fsp3) is 0.600. The summed E-state index contributed by atoms with van der Waals surface area (Å²) in [6.07, 6.45) is 4.73. The standard InChI is InChI=1S/C10H17N5S/c1-7-13-8(5-9(14-7)15-11)12-6-10(16-2)3-4-10/h5H,3-4,6,11H2,1-2H3,(H2,12,13,14,15). The van der Waals surface area contributed by atoms with Crippen molar-refractivity contribution < 1.29 is 0 Å². The van der Waals surface area contributed by atoms with E-state index in [0.29, 0.717) is 16.4 Å². The van der Waals surface area contributed by atoms with E-state index in [4.69, 9.17) is 5.84 Å². The molecular weight excluding hydrogens is 222 g/mol. The minimum absolute atomic E-state index is 0.426. The van der Waals surface area contributed by atoms with Gasteiger partial charge in [-0.25, -0.2) is 15.8 Å². The SMILES string of the molecule is CSC1(CNc2cc(NN)nc(C)n2)CC1. The second-order valence-electron chi connectivity index (χ2n) is 4.07. The predicted octanol–water partition coefficient (Wildman–Crippen LogP) is 1.38. The predicted molar refractivity (Wildman–Crippen MR) is 68.5 cm³/mol. The van der Waals surface area contributed by atoms with Crippen LogP contribution >= 0.6 is 11.8 Å². The minimum atomic E-state index is 0.426. The maximum absolute atomic E-state index is 5.34. The largest absolute Gasteiger partial charge is 0.369 e. The van der Waals surface area contributed by atoms with Crippen molar-refractivity contribution in [3.63, 3.8) is 0 Å². The Kier molecular flexibility index (Phi) is 3.20. The zero-order chi connectivity index (χ0) is 11.6. The third-order valence-corrected chi connectivity index (χ3v) is 4.24. The van der Waals surface area contributed by atoms with Crippen molar-refractivity contribution in [1.82, 2.24) is 9.97 Å². The molecule has 1 aliphatic rings. The summed E-state index contributed by atoms with van der Waals surface area (Å²) in [6.45, 7) is 2.81. The molecule has 0 amide bonds. The quantitative estimate of drug-likeness (QED) is 0.532. The second kappa shape index (κ2) is 4.47. The zero-order valence-electron chi connectivity index (χ0n) is 9.58. The van der Waals surface area contributed by atoms with E-state index < -0.39 is 0 Å². The molecule has 0 spiro atoms. The minimum Gasteiger partial charge on any atom is -0.369 e. The van der Waals surface area contributed by atoms with Gasteiger partial charge < -0.3 is 10.7 Å². The van der Waals surface area contributed by atoms with E-state index in [9.17, 15) is 0 Å². The third kappa shape index (κ3) is 2.56. The molecule has 88 valence electrons. The Morgan fingerprint density at radius 2 is 2.12 bits per heavy atom. The fourth-order valence-electron chi connectivity index (χ4n) is 1.58. The van der Waals surface area contributed by atoms with Crippen LogP contribution in [0, 0.1) is 6.92 Å². The lowest BCUT2D eigenvalue weighted by molar-refractivity contribution is 0.929. The molecule has 0 saturated heterocycles. The Morgan fingerprint density at radius 1 is 1.44 bits per heavy atom. The molecule has 1 fully saturated rings. The van der Waals surface area contributed by atoms with Crippen molar-refractivity contribution in [2.45, 2.75) is 24.5 Å². The van der Waals surface area contributed by atoms with Crippen LogP contribution in [0.25, 0.3) is 0 Å². The summed E-state index contributed by atoms with van der Waals surface area (Å²) < 4.78 is 0.426. The molecule has 0 atom stereocenters. The fourth-order valence-corrected chi connectivity index (χ4v) is 2.30. The smallest absolute Gasteiger partial charge is 0.145 e. The van der Waals surface area contributed by atoms with Crippen molar-refractivity contribution in [1.29, 1.82) is 0 Å². The summed E-state index contributed by atoms with van der Waals surface area (Å²) >= 11 is 1.93. The van der Waals surface area contributed by atoms with E-state index in [2.05, 4.69) is 27.0 Å². The third-order valence-electron chi connectivity index (χ3n) is 2.82. The first-order chi connectivity index (χ1) is 7.67. The molecule has 1 aromatic heterocycles. The Bertz CT molecular complexity index is 377. The van der Waals surface area contributed by atoms with E-state index in [-0.39, 0.29) is 0 Å². The van der Waals surface area contributed by atoms with Gasteiger partial charge in [0.1, 0.15) is 17.5 Å². The highest BCUT2D eigenvalue weighted by Gasteiger charge is 2.41. The summed E-state index contributed by atoms with van der Waals surface area (Å²) in [6, 6.07) is 1.82. The van der Waals surface area contributed by atoms with Crippen LogP contribution in [-0.4, -0.2) is 27.5 Å². The summed E-state index contributed by atoms with van der Waals surface area (Å²) in [7, 11) is 0. The summed E-state index contributed by atoms with van der Waals surface area (Å²) in [4.78, 5) is 8.46. The number of nitrogen functional groups attached to an aromatic ring is 1. The van der Waals surface area contributed by atoms with Crippen LogP contribution in [0.2, 0.25) is 0 Å². The van der Waals surface area contributed by atoms with Gasteiger partial charge in [0.15, 0.2) is 0 Å². The van der Waals surface area contributed by atoms with Gasteiger partial charge in [-0.1, -0.05) is 0 Å². The van der Waals surface area contributed by atoms with Crippen molar-refractivity contribution >= 4 is 23.4 Å². The Morgan fingerprint density at radius 3 is 2.69 bits per heavy atom. The normalized spacial score (nSPS) is 16.9. The maximum atomic E-state index is 5.34. The lowest BCUT2D eigenvalue weighted by Gasteiger charge is -2.14. The van der Waals surface area contributed by atoms with E-state index in [1.54, 1.807) is 0 Å². The van der Waals surface area contributed by atoms with Crippen LogP contribution in [-0.2, 0) is 0 Å². The van der Waals surface area contributed by atoms with Crippen LogP contribution in [0.3, 0.4) is 0 Å². The molecule has 4 N–H and O–H groups in total. The lowest BCUT2D eigenvalue weighted by Crippen LogP contribution is -2.19. The summed E-state index contributed by atoms with van der Waals surface area (Å²) in [5.74, 6) is 7.53. The number of thioether (sulfide) groups is 1. The Hall–Kier alpha value is -1.01. The van der Waals surface area contributed by atoms with Crippen molar-refractivity contribution in [3.05, 3.63) is 11.9 Å². The van der Waals surface area contributed by atoms with Gasteiger partial charge in [-0.2, -0.15) is 11.8 Å². The van der Waals surface area contributed by atoms with Crippen LogP contribution in [0.15, 0.2) is 6.07 Å². The highest BCUT2D eigenvalue weighted by Crippen LogP contribution is 2.46. The number of aryl methyl sites for hydroxylation is 1. The number of anilines is 2.